The molecule has 1 atom stereocenters. The molecule has 0 saturated heterocycles. The second kappa shape index (κ2) is 6.80. The second-order valence-corrected chi connectivity index (χ2v) is 4.45. The van der Waals surface area contributed by atoms with Gasteiger partial charge in [-0.15, -0.1) is 0 Å². The molecule has 3 nitrogen and oxygen atoms in total. The third kappa shape index (κ3) is 3.41. The van der Waals surface area contributed by atoms with E-state index >= 15 is 0 Å². The van der Waals surface area contributed by atoms with Crippen LogP contribution in [0.1, 0.15) is 22.7 Å². The molecule has 2 aromatic carbocycles. The van der Waals surface area contributed by atoms with E-state index in [0.717, 1.165) is 11.1 Å². The van der Waals surface area contributed by atoms with Gasteiger partial charge in [0.2, 0.25) is 0 Å². The van der Waals surface area contributed by atoms with E-state index in [-0.39, 0.29) is 18.2 Å². The predicted octanol–water partition coefficient (Wildman–Crippen LogP) is 2.52. The lowest BCUT2D eigenvalue weighted by Gasteiger charge is -2.16. The minimum absolute atomic E-state index is 0.0314. The van der Waals surface area contributed by atoms with Crippen molar-refractivity contribution in [1.82, 2.24) is 5.32 Å². The molecule has 0 amide bonds. The molecule has 0 bridgehead atoms. The fourth-order valence-corrected chi connectivity index (χ4v) is 1.98. The van der Waals surface area contributed by atoms with Gasteiger partial charge in [-0.25, -0.2) is 4.39 Å². The highest BCUT2D eigenvalue weighted by Gasteiger charge is 2.10. The van der Waals surface area contributed by atoms with Gasteiger partial charge >= 0.3 is 0 Å². The Balaban J connectivity index is 2.06. The van der Waals surface area contributed by atoms with Crippen LogP contribution < -0.4 is 5.32 Å². The van der Waals surface area contributed by atoms with E-state index in [2.05, 4.69) is 5.32 Å². The zero-order chi connectivity index (χ0) is 14.4. The Morgan fingerprint density at radius 2 is 1.95 bits per heavy atom. The van der Waals surface area contributed by atoms with E-state index in [9.17, 15) is 9.50 Å². The number of nitrogens with one attached hydrogen (secondary N) is 1. The van der Waals surface area contributed by atoms with Crippen LogP contribution in [0.2, 0.25) is 0 Å². The van der Waals surface area contributed by atoms with Crippen LogP contribution in [0.3, 0.4) is 0 Å². The van der Waals surface area contributed by atoms with E-state index in [1.165, 1.54) is 12.1 Å². The molecule has 4 heteroatoms. The van der Waals surface area contributed by atoms with Crippen molar-refractivity contribution < 1.29 is 9.50 Å². The summed E-state index contributed by atoms with van der Waals surface area (Å²) in [5.74, 6) is -0.516. The largest absolute Gasteiger partial charge is 0.394 e. The van der Waals surface area contributed by atoms with Gasteiger partial charge in [-0.1, -0.05) is 36.4 Å². The maximum atomic E-state index is 13.2. The SMILES string of the molecule is N#Cc1cc(CN[C@@H](CO)c2ccccc2)ccc1F. The Morgan fingerprint density at radius 1 is 1.20 bits per heavy atom. The van der Waals surface area contributed by atoms with Crippen LogP contribution in [-0.4, -0.2) is 11.7 Å². The van der Waals surface area contributed by atoms with Crippen molar-refractivity contribution in [3.63, 3.8) is 0 Å². The van der Waals surface area contributed by atoms with E-state index in [0.29, 0.717) is 6.54 Å². The lowest BCUT2D eigenvalue weighted by molar-refractivity contribution is 0.243. The van der Waals surface area contributed by atoms with Gasteiger partial charge in [-0.3, -0.25) is 0 Å². The van der Waals surface area contributed by atoms with Gasteiger partial charge in [0, 0.05) is 6.54 Å². The van der Waals surface area contributed by atoms with Crippen molar-refractivity contribution in [2.75, 3.05) is 6.61 Å². The highest BCUT2D eigenvalue weighted by molar-refractivity contribution is 5.34. The molecular weight excluding hydrogens is 255 g/mol. The maximum absolute atomic E-state index is 13.2. The summed E-state index contributed by atoms with van der Waals surface area (Å²) in [5, 5.41) is 21.4. The summed E-state index contributed by atoms with van der Waals surface area (Å²) in [6.45, 7) is 0.422. The molecule has 20 heavy (non-hydrogen) atoms. The molecule has 0 saturated carbocycles. The number of rotatable bonds is 5. The Labute approximate surface area is 117 Å². The Hall–Kier alpha value is -2.22. The zero-order valence-corrected chi connectivity index (χ0v) is 10.9. The topological polar surface area (TPSA) is 56.0 Å². The molecular formula is C16H15FN2O. The highest BCUT2D eigenvalue weighted by atomic mass is 19.1. The molecule has 0 aliphatic heterocycles. The smallest absolute Gasteiger partial charge is 0.140 e. The molecule has 2 rings (SSSR count). The lowest BCUT2D eigenvalue weighted by atomic mass is 10.1. The monoisotopic (exact) mass is 270 g/mol. The quantitative estimate of drug-likeness (QED) is 0.877. The standard InChI is InChI=1S/C16H15FN2O/c17-15-7-6-12(8-14(15)9-18)10-19-16(11-20)13-4-2-1-3-5-13/h1-8,16,19-20H,10-11H2/t16-/m0/s1. The fourth-order valence-electron chi connectivity index (χ4n) is 1.98. The highest BCUT2D eigenvalue weighted by Crippen LogP contribution is 2.14. The van der Waals surface area contributed by atoms with Crippen molar-refractivity contribution in [3.8, 4) is 6.07 Å². The molecule has 0 spiro atoms. The molecule has 0 heterocycles. The third-order valence-corrected chi connectivity index (χ3v) is 3.09. The third-order valence-electron chi connectivity index (χ3n) is 3.09. The van der Waals surface area contributed by atoms with Crippen LogP contribution in [0.15, 0.2) is 48.5 Å². The summed E-state index contributed by atoms with van der Waals surface area (Å²) >= 11 is 0. The molecule has 0 aromatic heterocycles. The van der Waals surface area contributed by atoms with E-state index < -0.39 is 5.82 Å². The average molecular weight is 270 g/mol. The van der Waals surface area contributed by atoms with Crippen LogP contribution >= 0.6 is 0 Å². The number of hydrogen-bond donors (Lipinski definition) is 2. The van der Waals surface area contributed by atoms with Crippen molar-refractivity contribution >= 4 is 0 Å². The van der Waals surface area contributed by atoms with Gasteiger partial charge in [-0.2, -0.15) is 5.26 Å². The summed E-state index contributed by atoms with van der Waals surface area (Å²) in [6, 6.07) is 15.6. The summed E-state index contributed by atoms with van der Waals surface area (Å²) in [7, 11) is 0. The first-order valence-corrected chi connectivity index (χ1v) is 6.32. The van der Waals surface area contributed by atoms with Crippen LogP contribution in [0.25, 0.3) is 0 Å². The van der Waals surface area contributed by atoms with E-state index in [1.54, 1.807) is 6.07 Å². The number of aliphatic hydroxyl groups is 1. The van der Waals surface area contributed by atoms with Gasteiger partial charge < -0.3 is 10.4 Å². The Morgan fingerprint density at radius 3 is 2.60 bits per heavy atom. The van der Waals surface area contributed by atoms with Crippen molar-refractivity contribution in [3.05, 3.63) is 71.0 Å². The molecule has 0 aliphatic rings. The Bertz CT molecular complexity index is 608. The molecule has 102 valence electrons. The first-order valence-electron chi connectivity index (χ1n) is 6.32. The second-order valence-electron chi connectivity index (χ2n) is 4.45. The Kier molecular flexibility index (Phi) is 4.83. The number of aliphatic hydroxyl groups excluding tert-OH is 1. The van der Waals surface area contributed by atoms with Crippen molar-refractivity contribution in [2.45, 2.75) is 12.6 Å². The van der Waals surface area contributed by atoms with Crippen LogP contribution in [-0.2, 0) is 6.54 Å². The van der Waals surface area contributed by atoms with Crippen LogP contribution in [0.4, 0.5) is 4.39 Å². The average Bonchev–Trinajstić information content (AvgIpc) is 2.50. The van der Waals surface area contributed by atoms with Gasteiger partial charge in [0.1, 0.15) is 11.9 Å². The van der Waals surface area contributed by atoms with Crippen LogP contribution in [0.5, 0.6) is 0 Å². The van der Waals surface area contributed by atoms with E-state index in [4.69, 9.17) is 5.26 Å². The number of nitriles is 1. The van der Waals surface area contributed by atoms with Crippen LogP contribution in [0, 0.1) is 17.1 Å². The van der Waals surface area contributed by atoms with Gasteiger partial charge in [0.25, 0.3) is 0 Å². The number of nitrogens with zero attached hydrogens (tertiary/aromatic N) is 1. The van der Waals surface area contributed by atoms with Crippen molar-refractivity contribution in [1.29, 1.82) is 5.26 Å². The summed E-state index contributed by atoms with van der Waals surface area (Å²) in [4.78, 5) is 0. The molecule has 0 aliphatic carbocycles. The molecule has 2 N–H and O–H groups in total. The predicted molar refractivity (Wildman–Crippen MR) is 74.2 cm³/mol. The summed E-state index contributed by atoms with van der Waals surface area (Å²) in [5.41, 5.74) is 1.82. The van der Waals surface area contributed by atoms with E-state index in [1.807, 2.05) is 36.4 Å². The van der Waals surface area contributed by atoms with Gasteiger partial charge in [-0.05, 0) is 23.3 Å². The summed E-state index contributed by atoms with van der Waals surface area (Å²) < 4.78 is 13.2. The fraction of sp³-hybridized carbons (Fsp3) is 0.188. The molecule has 2 aromatic rings. The van der Waals surface area contributed by atoms with Crippen molar-refractivity contribution in [2.24, 2.45) is 0 Å². The number of halogens is 1. The molecule has 0 unspecified atom stereocenters. The minimum Gasteiger partial charge on any atom is -0.394 e. The number of benzene rings is 2. The maximum Gasteiger partial charge on any atom is 0.140 e. The first-order chi connectivity index (χ1) is 9.74. The first kappa shape index (κ1) is 14.2. The minimum atomic E-state index is -0.516. The normalized spacial score (nSPS) is 11.8. The molecule has 0 fully saturated rings. The molecule has 0 radical (unpaired) electrons. The lowest BCUT2D eigenvalue weighted by Crippen LogP contribution is -2.24. The van der Waals surface area contributed by atoms with Gasteiger partial charge in [0.15, 0.2) is 0 Å². The number of hydrogen-bond acceptors (Lipinski definition) is 3. The van der Waals surface area contributed by atoms with Gasteiger partial charge in [0.05, 0.1) is 18.2 Å². The summed E-state index contributed by atoms with van der Waals surface area (Å²) in [6.07, 6.45) is 0. The zero-order valence-electron chi connectivity index (χ0n) is 10.9.